The first-order valence-electron chi connectivity index (χ1n) is 8.58. The average molecular weight is 353 g/mol. The number of alkyl halides is 3. The maximum atomic E-state index is 12.8. The van der Waals surface area contributed by atoms with Crippen LogP contribution in [0.4, 0.5) is 13.2 Å². The number of piperidine rings is 1. The van der Waals surface area contributed by atoms with Crippen LogP contribution in [0.3, 0.4) is 0 Å². The van der Waals surface area contributed by atoms with Crippen LogP contribution in [0.2, 0.25) is 0 Å². The van der Waals surface area contributed by atoms with Crippen molar-refractivity contribution < 1.29 is 17.7 Å². The van der Waals surface area contributed by atoms with Gasteiger partial charge in [0.25, 0.3) is 0 Å². The van der Waals surface area contributed by atoms with Crippen molar-refractivity contribution in [2.75, 3.05) is 13.1 Å². The first-order valence-corrected chi connectivity index (χ1v) is 8.58. The lowest BCUT2D eigenvalue weighted by molar-refractivity contribution is -0.137. The zero-order valence-corrected chi connectivity index (χ0v) is 14.2. The first-order chi connectivity index (χ1) is 11.9. The summed E-state index contributed by atoms with van der Waals surface area (Å²) < 4.78 is 43.4. The summed E-state index contributed by atoms with van der Waals surface area (Å²) in [5.74, 6) is 1.74. The lowest BCUT2D eigenvalue weighted by Gasteiger charge is -2.32. The van der Waals surface area contributed by atoms with Gasteiger partial charge in [-0.15, -0.1) is 0 Å². The maximum absolute atomic E-state index is 12.8. The van der Waals surface area contributed by atoms with Gasteiger partial charge < -0.3 is 4.52 Å². The summed E-state index contributed by atoms with van der Waals surface area (Å²) in [7, 11) is 0. The van der Waals surface area contributed by atoms with E-state index in [9.17, 15) is 13.2 Å². The van der Waals surface area contributed by atoms with E-state index in [1.54, 1.807) is 13.0 Å². The normalized spacial score (nSPS) is 19.3. The highest BCUT2D eigenvalue weighted by Gasteiger charge is 2.30. The third-order valence-electron chi connectivity index (χ3n) is 4.63. The lowest BCUT2D eigenvalue weighted by atomic mass is 9.91. The Morgan fingerprint density at radius 2 is 2.16 bits per heavy atom. The second-order valence-electron chi connectivity index (χ2n) is 6.71. The van der Waals surface area contributed by atoms with Crippen LogP contribution in [0.5, 0.6) is 0 Å². The minimum atomic E-state index is -4.28. The number of rotatable bonds is 5. The van der Waals surface area contributed by atoms with Gasteiger partial charge in [-0.05, 0) is 49.8 Å². The Balaban J connectivity index is 1.53. The number of likely N-dealkylation sites (tertiary alicyclic amines) is 1. The van der Waals surface area contributed by atoms with Gasteiger partial charge in [0.15, 0.2) is 5.82 Å². The second kappa shape index (κ2) is 7.56. The third-order valence-corrected chi connectivity index (χ3v) is 4.63. The molecule has 1 saturated heterocycles. The molecule has 1 aliphatic rings. The van der Waals surface area contributed by atoms with Crippen LogP contribution >= 0.6 is 0 Å². The molecule has 1 aromatic heterocycles. The Hall–Kier alpha value is -1.89. The van der Waals surface area contributed by atoms with Crippen LogP contribution in [-0.4, -0.2) is 28.1 Å². The Morgan fingerprint density at radius 1 is 1.32 bits per heavy atom. The number of hydrogen-bond acceptors (Lipinski definition) is 4. The number of nitrogens with zero attached hydrogens (tertiary/aromatic N) is 3. The molecule has 0 saturated carbocycles. The third kappa shape index (κ3) is 5.04. The van der Waals surface area contributed by atoms with Crippen molar-refractivity contribution in [3.8, 4) is 0 Å². The van der Waals surface area contributed by atoms with Crippen molar-refractivity contribution in [2.24, 2.45) is 5.92 Å². The molecule has 1 fully saturated rings. The summed E-state index contributed by atoms with van der Waals surface area (Å²) in [5.41, 5.74) is 0.184. The molecule has 1 aromatic carbocycles. The van der Waals surface area contributed by atoms with Gasteiger partial charge in [0.05, 0.1) is 12.1 Å². The molecular weight excluding hydrogens is 331 g/mol. The maximum Gasteiger partial charge on any atom is 0.416 e. The predicted molar refractivity (Wildman–Crippen MR) is 86.8 cm³/mol. The Morgan fingerprint density at radius 3 is 2.88 bits per heavy atom. The fraction of sp³-hybridized carbons (Fsp3) is 0.556. The van der Waals surface area contributed by atoms with E-state index in [1.807, 2.05) is 0 Å². The molecule has 0 N–H and O–H groups in total. The predicted octanol–water partition coefficient (Wildman–Crippen LogP) is 4.24. The largest absolute Gasteiger partial charge is 0.416 e. The van der Waals surface area contributed by atoms with E-state index in [-0.39, 0.29) is 0 Å². The zero-order chi connectivity index (χ0) is 17.9. The van der Waals surface area contributed by atoms with Crippen LogP contribution in [0.1, 0.15) is 42.1 Å². The summed E-state index contributed by atoms with van der Waals surface area (Å²) in [4.78, 5) is 6.53. The van der Waals surface area contributed by atoms with Gasteiger partial charge in [0, 0.05) is 13.5 Å². The molecule has 1 unspecified atom stereocenters. The van der Waals surface area contributed by atoms with Crippen LogP contribution in [0, 0.1) is 12.8 Å². The van der Waals surface area contributed by atoms with Crippen molar-refractivity contribution in [1.29, 1.82) is 0 Å². The molecule has 0 bridgehead atoms. The van der Waals surface area contributed by atoms with Crippen LogP contribution in [0.25, 0.3) is 0 Å². The Labute approximate surface area is 145 Å². The van der Waals surface area contributed by atoms with Gasteiger partial charge >= 0.3 is 6.18 Å². The van der Waals surface area contributed by atoms with Crippen molar-refractivity contribution in [3.63, 3.8) is 0 Å². The van der Waals surface area contributed by atoms with Gasteiger partial charge in [-0.25, -0.2) is 0 Å². The van der Waals surface area contributed by atoms with Gasteiger partial charge in [0.2, 0.25) is 5.89 Å². The van der Waals surface area contributed by atoms with Crippen LogP contribution in [0.15, 0.2) is 28.8 Å². The Bertz CT molecular complexity index is 699. The van der Waals surface area contributed by atoms with E-state index < -0.39 is 11.7 Å². The first kappa shape index (κ1) is 17.9. The van der Waals surface area contributed by atoms with E-state index in [1.165, 1.54) is 12.1 Å². The molecule has 2 aromatic rings. The lowest BCUT2D eigenvalue weighted by Crippen LogP contribution is -2.35. The van der Waals surface area contributed by atoms with E-state index in [2.05, 4.69) is 15.0 Å². The fourth-order valence-corrected chi connectivity index (χ4v) is 3.41. The van der Waals surface area contributed by atoms with E-state index in [0.717, 1.165) is 44.0 Å². The zero-order valence-electron chi connectivity index (χ0n) is 14.2. The summed E-state index contributed by atoms with van der Waals surface area (Å²) >= 11 is 0. The second-order valence-corrected chi connectivity index (χ2v) is 6.71. The number of halogens is 3. The van der Waals surface area contributed by atoms with E-state index >= 15 is 0 Å². The summed E-state index contributed by atoms with van der Waals surface area (Å²) in [6, 6.07) is 5.66. The van der Waals surface area contributed by atoms with Gasteiger partial charge in [-0.3, -0.25) is 4.90 Å². The molecule has 1 aliphatic heterocycles. The summed E-state index contributed by atoms with van der Waals surface area (Å²) in [6.45, 7) is 4.35. The molecule has 4 nitrogen and oxygen atoms in total. The number of benzene rings is 1. The summed E-state index contributed by atoms with van der Waals surface area (Å²) in [5, 5.41) is 3.93. The number of hydrogen-bond donors (Lipinski definition) is 0. The molecule has 25 heavy (non-hydrogen) atoms. The highest BCUT2D eigenvalue weighted by molar-refractivity contribution is 5.25. The molecule has 0 radical (unpaired) electrons. The monoisotopic (exact) mass is 353 g/mol. The highest BCUT2D eigenvalue weighted by atomic mass is 19.4. The van der Waals surface area contributed by atoms with Crippen LogP contribution in [-0.2, 0) is 19.1 Å². The van der Waals surface area contributed by atoms with Crippen molar-refractivity contribution in [3.05, 3.63) is 47.1 Å². The molecule has 0 spiro atoms. The molecule has 2 heterocycles. The SMILES string of the molecule is Cc1nc(CN2CCCC(CCc3cccc(C(F)(F)F)c3)C2)no1. The minimum Gasteiger partial charge on any atom is -0.340 e. The van der Waals surface area contributed by atoms with Crippen LogP contribution < -0.4 is 0 Å². The molecule has 136 valence electrons. The molecule has 1 atom stereocenters. The van der Waals surface area contributed by atoms with E-state index in [0.29, 0.717) is 30.6 Å². The van der Waals surface area contributed by atoms with Gasteiger partial charge in [0.1, 0.15) is 0 Å². The minimum absolute atomic E-state index is 0.483. The van der Waals surface area contributed by atoms with Gasteiger partial charge in [-0.2, -0.15) is 18.2 Å². The smallest absolute Gasteiger partial charge is 0.340 e. The highest BCUT2D eigenvalue weighted by Crippen LogP contribution is 2.30. The average Bonchev–Trinajstić information content (AvgIpc) is 2.98. The topological polar surface area (TPSA) is 42.2 Å². The molecular formula is C18H22F3N3O. The molecule has 7 heteroatoms. The fourth-order valence-electron chi connectivity index (χ4n) is 3.41. The Kier molecular flexibility index (Phi) is 5.42. The van der Waals surface area contributed by atoms with Crippen molar-refractivity contribution >= 4 is 0 Å². The molecule has 0 aliphatic carbocycles. The summed E-state index contributed by atoms with van der Waals surface area (Å²) in [6.07, 6.45) is -0.516. The quantitative estimate of drug-likeness (QED) is 0.806. The number of aromatic nitrogens is 2. The van der Waals surface area contributed by atoms with Gasteiger partial charge in [-0.1, -0.05) is 23.4 Å². The molecule has 0 amide bonds. The van der Waals surface area contributed by atoms with Crippen molar-refractivity contribution in [1.82, 2.24) is 15.0 Å². The molecule has 3 rings (SSSR count). The standard InChI is InChI=1S/C18H22F3N3O/c1-13-22-17(23-25-13)12-24-9-3-5-15(11-24)8-7-14-4-2-6-16(10-14)18(19,20)21/h2,4,6,10,15H,3,5,7-9,11-12H2,1H3. The van der Waals surface area contributed by atoms with E-state index in [4.69, 9.17) is 4.52 Å². The van der Waals surface area contributed by atoms with Crippen molar-refractivity contribution in [2.45, 2.75) is 45.3 Å². The number of aryl methyl sites for hydroxylation is 2.